The van der Waals surface area contributed by atoms with Crippen LogP contribution in [0.25, 0.3) is 0 Å². The molecule has 2 nitrogen and oxygen atoms in total. The Morgan fingerprint density at radius 1 is 1.37 bits per heavy atom. The van der Waals surface area contributed by atoms with E-state index in [0.29, 0.717) is 12.0 Å². The van der Waals surface area contributed by atoms with E-state index in [1.807, 2.05) is 0 Å². The standard InChI is InChI=1S/C15H14BrFO2/c16-11-3-4-13(17)10(8-11)9-15(18)6-1-2-14-12(15)5-7-19-14/h3-5,7-8,18H,1-2,6,9H2. The molecule has 0 amide bonds. The lowest BCUT2D eigenvalue weighted by atomic mass is 9.79. The van der Waals surface area contributed by atoms with E-state index in [1.165, 1.54) is 6.07 Å². The van der Waals surface area contributed by atoms with Crippen LogP contribution in [0, 0.1) is 5.82 Å². The van der Waals surface area contributed by atoms with Crippen LogP contribution in [-0.2, 0) is 18.4 Å². The molecular formula is C15H14BrFO2. The molecule has 0 aliphatic heterocycles. The van der Waals surface area contributed by atoms with E-state index >= 15 is 0 Å². The highest BCUT2D eigenvalue weighted by Gasteiger charge is 2.36. The molecule has 0 saturated carbocycles. The first-order valence-electron chi connectivity index (χ1n) is 6.32. The fraction of sp³-hybridized carbons (Fsp3) is 0.333. The second-order valence-electron chi connectivity index (χ2n) is 5.06. The summed E-state index contributed by atoms with van der Waals surface area (Å²) < 4.78 is 20.0. The lowest BCUT2D eigenvalue weighted by molar-refractivity contribution is 0.0161. The van der Waals surface area contributed by atoms with Gasteiger partial charge in [0.1, 0.15) is 11.6 Å². The quantitative estimate of drug-likeness (QED) is 0.907. The van der Waals surface area contributed by atoms with Crippen LogP contribution in [0.15, 0.2) is 39.4 Å². The van der Waals surface area contributed by atoms with Crippen LogP contribution in [0.1, 0.15) is 29.7 Å². The highest BCUT2D eigenvalue weighted by molar-refractivity contribution is 9.10. The van der Waals surface area contributed by atoms with Crippen LogP contribution in [-0.4, -0.2) is 5.11 Å². The van der Waals surface area contributed by atoms with Crippen molar-refractivity contribution >= 4 is 15.9 Å². The molecule has 0 fully saturated rings. The smallest absolute Gasteiger partial charge is 0.126 e. The van der Waals surface area contributed by atoms with E-state index in [9.17, 15) is 9.50 Å². The van der Waals surface area contributed by atoms with Gasteiger partial charge in [0.25, 0.3) is 0 Å². The minimum absolute atomic E-state index is 0.269. The molecule has 3 rings (SSSR count). The van der Waals surface area contributed by atoms with Gasteiger partial charge < -0.3 is 9.52 Å². The van der Waals surface area contributed by atoms with Crippen molar-refractivity contribution in [3.8, 4) is 0 Å². The summed E-state index contributed by atoms with van der Waals surface area (Å²) >= 11 is 3.34. The Bertz CT molecular complexity index is 608. The highest BCUT2D eigenvalue weighted by atomic mass is 79.9. The number of hydrogen-bond acceptors (Lipinski definition) is 2. The first-order chi connectivity index (χ1) is 9.08. The van der Waals surface area contributed by atoms with Crippen molar-refractivity contribution in [2.45, 2.75) is 31.3 Å². The second-order valence-corrected chi connectivity index (χ2v) is 5.97. The molecule has 1 N–H and O–H groups in total. The number of halogens is 2. The van der Waals surface area contributed by atoms with Gasteiger partial charge in [0.05, 0.1) is 11.9 Å². The van der Waals surface area contributed by atoms with E-state index in [2.05, 4.69) is 15.9 Å². The lowest BCUT2D eigenvalue weighted by Crippen LogP contribution is -2.32. The number of fused-ring (bicyclic) bond motifs is 1. The summed E-state index contributed by atoms with van der Waals surface area (Å²) in [6.45, 7) is 0. The summed E-state index contributed by atoms with van der Waals surface area (Å²) in [5.41, 5.74) is 0.298. The SMILES string of the molecule is OC1(Cc2cc(Br)ccc2F)CCCc2occc21. The van der Waals surface area contributed by atoms with Crippen molar-refractivity contribution in [3.05, 3.63) is 57.7 Å². The molecule has 1 unspecified atom stereocenters. The second kappa shape index (κ2) is 4.76. The van der Waals surface area contributed by atoms with Crippen molar-refractivity contribution in [2.75, 3.05) is 0 Å². The molecule has 1 aliphatic rings. The molecule has 0 saturated heterocycles. The minimum atomic E-state index is -1.03. The summed E-state index contributed by atoms with van der Waals surface area (Å²) in [6.07, 6.45) is 4.19. The lowest BCUT2D eigenvalue weighted by Gasteiger charge is -2.32. The number of furan rings is 1. The monoisotopic (exact) mass is 324 g/mol. The topological polar surface area (TPSA) is 33.4 Å². The van der Waals surface area contributed by atoms with Gasteiger partial charge in [-0.3, -0.25) is 0 Å². The largest absolute Gasteiger partial charge is 0.469 e. The van der Waals surface area contributed by atoms with Crippen LogP contribution >= 0.6 is 15.9 Å². The number of rotatable bonds is 2. The Balaban J connectivity index is 1.97. The van der Waals surface area contributed by atoms with E-state index in [4.69, 9.17) is 4.42 Å². The Kier molecular flexibility index (Phi) is 3.23. The Labute approximate surface area is 119 Å². The molecule has 19 heavy (non-hydrogen) atoms. The number of benzene rings is 1. The molecule has 0 bridgehead atoms. The molecule has 0 radical (unpaired) electrons. The van der Waals surface area contributed by atoms with Gasteiger partial charge in [-0.15, -0.1) is 0 Å². The van der Waals surface area contributed by atoms with E-state index in [-0.39, 0.29) is 12.2 Å². The van der Waals surface area contributed by atoms with Crippen LogP contribution in [0.2, 0.25) is 0 Å². The zero-order chi connectivity index (χ0) is 13.5. The third-order valence-corrected chi connectivity index (χ3v) is 4.22. The third kappa shape index (κ3) is 2.35. The summed E-state index contributed by atoms with van der Waals surface area (Å²) in [7, 11) is 0. The van der Waals surface area contributed by atoms with Crippen molar-refractivity contribution in [1.29, 1.82) is 0 Å². The van der Waals surface area contributed by atoms with Crippen LogP contribution < -0.4 is 0 Å². The fourth-order valence-electron chi connectivity index (χ4n) is 2.80. The van der Waals surface area contributed by atoms with Gasteiger partial charge >= 0.3 is 0 Å². The molecule has 1 aliphatic carbocycles. The fourth-order valence-corrected chi connectivity index (χ4v) is 3.21. The Hall–Kier alpha value is -1.13. The van der Waals surface area contributed by atoms with E-state index in [1.54, 1.807) is 24.5 Å². The predicted molar refractivity (Wildman–Crippen MR) is 73.3 cm³/mol. The van der Waals surface area contributed by atoms with Crippen molar-refractivity contribution in [3.63, 3.8) is 0 Å². The van der Waals surface area contributed by atoms with E-state index < -0.39 is 5.60 Å². The minimum Gasteiger partial charge on any atom is -0.469 e. The normalized spacial score (nSPS) is 22.3. The molecule has 0 spiro atoms. The average Bonchev–Trinajstić information content (AvgIpc) is 2.84. The summed E-state index contributed by atoms with van der Waals surface area (Å²) in [5.74, 6) is 0.538. The van der Waals surface area contributed by atoms with Crippen molar-refractivity contribution in [1.82, 2.24) is 0 Å². The Morgan fingerprint density at radius 3 is 3.05 bits per heavy atom. The van der Waals surface area contributed by atoms with Gasteiger partial charge in [-0.25, -0.2) is 4.39 Å². The number of aliphatic hydroxyl groups is 1. The zero-order valence-electron chi connectivity index (χ0n) is 10.3. The number of aryl methyl sites for hydroxylation is 1. The first kappa shape index (κ1) is 12.9. The molecule has 1 aromatic carbocycles. The molecule has 100 valence electrons. The molecule has 1 atom stereocenters. The van der Waals surface area contributed by atoms with Gasteiger partial charge in [-0.2, -0.15) is 0 Å². The van der Waals surface area contributed by atoms with Gasteiger partial charge in [-0.1, -0.05) is 15.9 Å². The van der Waals surface area contributed by atoms with E-state index in [0.717, 1.165) is 28.6 Å². The summed E-state index contributed by atoms with van der Waals surface area (Å²) in [5, 5.41) is 10.8. The van der Waals surface area contributed by atoms with Gasteiger partial charge in [0.2, 0.25) is 0 Å². The third-order valence-electron chi connectivity index (χ3n) is 3.73. The van der Waals surface area contributed by atoms with Crippen molar-refractivity contribution in [2.24, 2.45) is 0 Å². The zero-order valence-corrected chi connectivity index (χ0v) is 11.9. The van der Waals surface area contributed by atoms with Gasteiger partial charge in [0.15, 0.2) is 0 Å². The predicted octanol–water partition coefficient (Wildman–Crippen LogP) is 3.95. The van der Waals surface area contributed by atoms with Crippen molar-refractivity contribution < 1.29 is 13.9 Å². The molecule has 1 heterocycles. The maximum absolute atomic E-state index is 13.8. The summed E-state index contributed by atoms with van der Waals surface area (Å²) in [4.78, 5) is 0. The van der Waals surface area contributed by atoms with Gasteiger partial charge in [0, 0.05) is 22.9 Å². The van der Waals surface area contributed by atoms with Crippen LogP contribution in [0.4, 0.5) is 4.39 Å². The maximum Gasteiger partial charge on any atom is 0.126 e. The summed E-state index contributed by atoms with van der Waals surface area (Å²) in [6, 6.07) is 6.60. The Morgan fingerprint density at radius 2 is 2.21 bits per heavy atom. The van der Waals surface area contributed by atoms with Gasteiger partial charge in [-0.05, 0) is 42.7 Å². The molecule has 4 heteroatoms. The highest BCUT2D eigenvalue weighted by Crippen LogP contribution is 2.39. The average molecular weight is 325 g/mol. The molecular weight excluding hydrogens is 311 g/mol. The van der Waals surface area contributed by atoms with Crippen LogP contribution in [0.5, 0.6) is 0 Å². The first-order valence-corrected chi connectivity index (χ1v) is 7.11. The maximum atomic E-state index is 13.8. The molecule has 1 aromatic heterocycles. The van der Waals surface area contributed by atoms with Crippen LogP contribution in [0.3, 0.4) is 0 Å². The molecule has 2 aromatic rings. The number of hydrogen-bond donors (Lipinski definition) is 1.